The third-order valence-corrected chi connectivity index (χ3v) is 12.0. The largest absolute Gasteiger partial charge is 0.399 e. The smallest absolute Gasteiger partial charge is 0.262 e. The lowest BCUT2D eigenvalue weighted by atomic mass is 9.92. The maximum Gasteiger partial charge on any atom is 0.262 e. The van der Waals surface area contributed by atoms with Crippen LogP contribution < -0.4 is 26.6 Å². The van der Waals surface area contributed by atoms with Crippen LogP contribution in [0, 0.1) is 11.3 Å². The Bertz CT molecular complexity index is 1980. The van der Waals surface area contributed by atoms with Crippen LogP contribution in [-0.2, 0) is 9.59 Å². The highest BCUT2D eigenvalue weighted by molar-refractivity contribution is 6.23. The number of imide groups is 2. The molecule has 6 heterocycles. The van der Waals surface area contributed by atoms with E-state index in [2.05, 4.69) is 29.9 Å². The summed E-state index contributed by atoms with van der Waals surface area (Å²) in [7, 11) is 0. The predicted octanol–water partition coefficient (Wildman–Crippen LogP) is 2.57. The van der Waals surface area contributed by atoms with Gasteiger partial charge in [-0.05, 0) is 99.6 Å². The Kier molecular flexibility index (Phi) is 9.80. The van der Waals surface area contributed by atoms with Gasteiger partial charge in [-0.3, -0.25) is 39.7 Å². The molecule has 54 heavy (non-hydrogen) atoms. The van der Waals surface area contributed by atoms with Crippen molar-refractivity contribution in [1.29, 1.82) is 5.41 Å². The van der Waals surface area contributed by atoms with Gasteiger partial charge in [-0.15, -0.1) is 0 Å². The molecule has 1 unspecified atom stereocenters. The van der Waals surface area contributed by atoms with Crippen LogP contribution in [0.2, 0.25) is 0 Å². The number of nitrogens with one attached hydrogen (secondary N) is 2. The second kappa shape index (κ2) is 14.8. The highest BCUT2D eigenvalue weighted by atomic mass is 16.2. The number of carbonyl (C=O) groups excluding carboxylic acids is 4. The molecule has 2 aromatic carbocycles. The van der Waals surface area contributed by atoms with E-state index >= 15 is 0 Å². The molecule has 0 radical (unpaired) electrons. The van der Waals surface area contributed by atoms with E-state index in [0.717, 1.165) is 93.7 Å². The van der Waals surface area contributed by atoms with Crippen LogP contribution in [0.25, 0.3) is 0 Å². The summed E-state index contributed by atoms with van der Waals surface area (Å²) in [5.41, 5.74) is 16.5. The van der Waals surface area contributed by atoms with Crippen LogP contribution in [0.15, 0.2) is 54.7 Å². The van der Waals surface area contributed by atoms with Crippen molar-refractivity contribution in [2.75, 3.05) is 80.2 Å². The van der Waals surface area contributed by atoms with Gasteiger partial charge in [0.2, 0.25) is 11.8 Å². The first-order valence-electron chi connectivity index (χ1n) is 19.1. The minimum absolute atomic E-state index is 0.104. The number of aromatic nitrogens is 1. The van der Waals surface area contributed by atoms with E-state index in [1.54, 1.807) is 36.5 Å². The summed E-state index contributed by atoms with van der Waals surface area (Å²) in [5.74, 6) is -0.344. The zero-order chi connectivity index (χ0) is 37.5. The number of benzene rings is 2. The molecule has 14 heteroatoms. The summed E-state index contributed by atoms with van der Waals surface area (Å²) < 4.78 is 0. The van der Waals surface area contributed by atoms with Gasteiger partial charge >= 0.3 is 0 Å². The van der Waals surface area contributed by atoms with Gasteiger partial charge in [-0.1, -0.05) is 0 Å². The summed E-state index contributed by atoms with van der Waals surface area (Å²) in [6, 6.07) is 14.1. The maximum absolute atomic E-state index is 13.3. The van der Waals surface area contributed by atoms with E-state index in [1.807, 2.05) is 18.2 Å². The molecule has 4 amide bonds. The van der Waals surface area contributed by atoms with Crippen molar-refractivity contribution in [3.05, 3.63) is 77.0 Å². The number of pyridine rings is 1. The number of hydrogen-bond acceptors (Lipinski definition) is 12. The number of nitrogen functional groups attached to an aromatic ring is 2. The predicted molar refractivity (Wildman–Crippen MR) is 207 cm³/mol. The number of fused-ring (bicyclic) bond motifs is 1. The number of anilines is 4. The lowest BCUT2D eigenvalue weighted by Gasteiger charge is -2.43. The summed E-state index contributed by atoms with van der Waals surface area (Å²) in [6.45, 7) is 8.86. The number of nitrogens with zero attached hydrogens (tertiary/aromatic N) is 6. The van der Waals surface area contributed by atoms with Gasteiger partial charge in [0.25, 0.3) is 11.8 Å². The molecule has 8 rings (SSSR count). The Morgan fingerprint density at radius 2 is 1.52 bits per heavy atom. The van der Waals surface area contributed by atoms with Gasteiger partial charge in [-0.2, -0.15) is 0 Å². The third kappa shape index (κ3) is 7.03. The number of likely N-dealkylation sites (tertiary alicyclic amines) is 1. The van der Waals surface area contributed by atoms with Gasteiger partial charge in [0.15, 0.2) is 0 Å². The summed E-state index contributed by atoms with van der Waals surface area (Å²) in [4.78, 5) is 66.0. The van der Waals surface area contributed by atoms with Crippen molar-refractivity contribution in [2.45, 2.75) is 50.6 Å². The lowest BCUT2D eigenvalue weighted by molar-refractivity contribution is -0.136. The first-order valence-corrected chi connectivity index (χ1v) is 19.1. The molecule has 3 aromatic rings. The number of hydrogen-bond donors (Lipinski definition) is 4. The highest BCUT2D eigenvalue weighted by Gasteiger charge is 2.45. The quantitative estimate of drug-likeness (QED) is 0.152. The monoisotopic (exact) mass is 732 g/mol. The molecule has 0 spiro atoms. The van der Waals surface area contributed by atoms with Crippen LogP contribution in [0.3, 0.4) is 0 Å². The van der Waals surface area contributed by atoms with Crippen LogP contribution in [0.5, 0.6) is 0 Å². The first-order chi connectivity index (χ1) is 26.1. The molecular formula is C40H48N10O4. The van der Waals surface area contributed by atoms with E-state index in [1.165, 1.54) is 12.8 Å². The minimum atomic E-state index is -0.958. The number of piperazine rings is 1. The lowest BCUT2D eigenvalue weighted by Crippen LogP contribution is -2.54. The zero-order valence-electron chi connectivity index (χ0n) is 30.5. The average molecular weight is 733 g/mol. The second-order valence-electron chi connectivity index (χ2n) is 15.3. The van der Waals surface area contributed by atoms with Gasteiger partial charge in [0.1, 0.15) is 11.9 Å². The Morgan fingerprint density at radius 1 is 0.778 bits per heavy atom. The number of carbonyl (C=O) groups is 4. The third-order valence-electron chi connectivity index (χ3n) is 12.0. The van der Waals surface area contributed by atoms with Crippen molar-refractivity contribution >= 4 is 52.2 Å². The summed E-state index contributed by atoms with van der Waals surface area (Å²) in [6.07, 6.45) is 6.50. The second-order valence-corrected chi connectivity index (χ2v) is 15.3. The van der Waals surface area contributed by atoms with Gasteiger partial charge in [0.05, 0.1) is 16.8 Å². The van der Waals surface area contributed by atoms with Crippen LogP contribution in [0.4, 0.5) is 22.9 Å². The molecule has 5 aliphatic rings. The standard InChI is InChI=1S/C40H48N10O4/c41-27-1-4-33(42)32(22-27)37(43)26-7-12-44-35(21-26)49-19-17-46(18-20-49)24-25-8-13-47(14-9-25)28-10-15-48(16-11-28)29-2-3-30-31(23-29)40(54)50(39(30)53)34-5-6-36(51)45-38(34)52/h1-4,7,12,21-23,25,28,34,43H,5-6,8-11,13-20,24,41-42H2,(H,45,51,52). The minimum Gasteiger partial charge on any atom is -0.399 e. The molecule has 14 nitrogen and oxygen atoms in total. The molecule has 0 bridgehead atoms. The molecule has 282 valence electrons. The van der Waals surface area contributed by atoms with Gasteiger partial charge in [-0.25, -0.2) is 4.98 Å². The number of nitrogens with two attached hydrogens (primary N) is 2. The van der Waals surface area contributed by atoms with Crippen molar-refractivity contribution in [3.63, 3.8) is 0 Å². The molecule has 0 saturated carbocycles. The SMILES string of the molecule is N=C(c1ccnc(N2CCN(CC3CCN(C4CCN(c5ccc6c(c5)C(=O)N(C5CCC(=O)NC5=O)C6=O)CC4)CC3)CC2)c1)c1cc(N)ccc1N. The average Bonchev–Trinajstić information content (AvgIpc) is 3.44. The molecule has 5 aliphatic heterocycles. The Labute approximate surface area is 314 Å². The Hall–Kier alpha value is -5.34. The molecule has 4 fully saturated rings. The van der Waals surface area contributed by atoms with E-state index in [4.69, 9.17) is 16.9 Å². The topological polar surface area (TPSA) is 185 Å². The molecule has 1 atom stereocenters. The summed E-state index contributed by atoms with van der Waals surface area (Å²) in [5, 5.41) is 11.0. The van der Waals surface area contributed by atoms with Crippen molar-refractivity contribution in [3.8, 4) is 0 Å². The van der Waals surface area contributed by atoms with Crippen molar-refractivity contribution in [2.24, 2.45) is 5.92 Å². The maximum atomic E-state index is 13.3. The fourth-order valence-electron chi connectivity index (χ4n) is 8.86. The zero-order valence-corrected chi connectivity index (χ0v) is 30.5. The van der Waals surface area contributed by atoms with E-state index in [-0.39, 0.29) is 18.7 Å². The number of amides is 4. The normalized spacial score (nSPS) is 22.1. The Morgan fingerprint density at radius 3 is 2.26 bits per heavy atom. The van der Waals surface area contributed by atoms with Gasteiger partial charge in [0, 0.05) is 92.7 Å². The number of rotatable bonds is 8. The molecule has 0 aliphatic carbocycles. The Balaban J connectivity index is 0.784. The van der Waals surface area contributed by atoms with E-state index < -0.39 is 23.8 Å². The summed E-state index contributed by atoms with van der Waals surface area (Å²) >= 11 is 0. The molecule has 6 N–H and O–H groups in total. The van der Waals surface area contributed by atoms with E-state index in [0.29, 0.717) is 45.7 Å². The fraction of sp³-hybridized carbons (Fsp3) is 0.450. The number of piperidine rings is 3. The van der Waals surface area contributed by atoms with Crippen LogP contribution in [0.1, 0.15) is 70.4 Å². The van der Waals surface area contributed by atoms with Crippen molar-refractivity contribution in [1.82, 2.24) is 25.0 Å². The molecular weight excluding hydrogens is 685 g/mol. The van der Waals surface area contributed by atoms with Crippen molar-refractivity contribution < 1.29 is 19.2 Å². The van der Waals surface area contributed by atoms with Crippen LogP contribution >= 0.6 is 0 Å². The molecule has 4 saturated heterocycles. The molecule has 1 aromatic heterocycles. The van der Waals surface area contributed by atoms with Crippen LogP contribution in [-0.4, -0.2) is 120 Å². The fourth-order valence-corrected chi connectivity index (χ4v) is 8.86. The highest BCUT2D eigenvalue weighted by Crippen LogP contribution is 2.33. The van der Waals surface area contributed by atoms with Gasteiger partial charge < -0.3 is 26.2 Å². The first kappa shape index (κ1) is 35.7. The van der Waals surface area contributed by atoms with E-state index in [9.17, 15) is 19.2 Å².